The lowest BCUT2D eigenvalue weighted by Gasteiger charge is -2.00. The van der Waals surface area contributed by atoms with Gasteiger partial charge < -0.3 is 10.7 Å². The van der Waals surface area contributed by atoms with Crippen molar-refractivity contribution in [2.45, 2.75) is 26.2 Å². The Morgan fingerprint density at radius 1 is 1.33 bits per heavy atom. The highest BCUT2D eigenvalue weighted by molar-refractivity contribution is 5.83. The molecule has 1 aromatic carbocycles. The molecule has 2 nitrogen and oxygen atoms in total. The largest absolute Gasteiger partial charge is 0.361 e. The van der Waals surface area contributed by atoms with Crippen LogP contribution in [0.5, 0.6) is 0 Å². The van der Waals surface area contributed by atoms with Crippen LogP contribution in [0.3, 0.4) is 0 Å². The summed E-state index contributed by atoms with van der Waals surface area (Å²) in [5.41, 5.74) is 9.56. The fourth-order valence-corrected chi connectivity index (χ4v) is 1.94. The Morgan fingerprint density at radius 2 is 2.20 bits per heavy atom. The second-order valence-electron chi connectivity index (χ2n) is 3.94. The van der Waals surface area contributed by atoms with E-state index in [0.717, 1.165) is 25.8 Å². The predicted molar refractivity (Wildman–Crippen MR) is 65.1 cm³/mol. The lowest BCUT2D eigenvalue weighted by atomic mass is 10.0. The highest BCUT2D eigenvalue weighted by Crippen LogP contribution is 2.21. The number of rotatable bonds is 4. The normalized spacial score (nSPS) is 11.1. The van der Waals surface area contributed by atoms with Gasteiger partial charge in [-0.3, -0.25) is 0 Å². The second kappa shape index (κ2) is 4.49. The van der Waals surface area contributed by atoms with Gasteiger partial charge in [-0.1, -0.05) is 13.0 Å². The van der Waals surface area contributed by atoms with E-state index >= 15 is 0 Å². The number of hydrogen-bond donors (Lipinski definition) is 2. The molecule has 0 fully saturated rings. The summed E-state index contributed by atoms with van der Waals surface area (Å²) in [5.74, 6) is 0. The van der Waals surface area contributed by atoms with E-state index in [4.69, 9.17) is 5.73 Å². The smallest absolute Gasteiger partial charge is 0.0456 e. The lowest BCUT2D eigenvalue weighted by molar-refractivity contribution is 0.837. The molecular weight excluding hydrogens is 184 g/mol. The molecule has 0 aliphatic rings. The molecule has 0 aliphatic heterocycles. The number of aromatic nitrogens is 1. The fraction of sp³-hybridized carbons (Fsp3) is 0.385. The van der Waals surface area contributed by atoms with Crippen molar-refractivity contribution in [3.8, 4) is 0 Å². The quantitative estimate of drug-likeness (QED) is 0.786. The van der Waals surface area contributed by atoms with Gasteiger partial charge in [0.15, 0.2) is 0 Å². The molecule has 0 saturated heterocycles. The van der Waals surface area contributed by atoms with Gasteiger partial charge in [0.2, 0.25) is 0 Å². The van der Waals surface area contributed by atoms with Crippen LogP contribution in [0, 0.1) is 0 Å². The topological polar surface area (TPSA) is 41.8 Å². The Hall–Kier alpha value is -1.28. The monoisotopic (exact) mass is 202 g/mol. The van der Waals surface area contributed by atoms with Gasteiger partial charge in [-0.15, -0.1) is 0 Å². The Morgan fingerprint density at radius 3 is 2.93 bits per heavy atom. The maximum Gasteiger partial charge on any atom is 0.0456 e. The van der Waals surface area contributed by atoms with Crippen molar-refractivity contribution in [2.24, 2.45) is 5.73 Å². The summed E-state index contributed by atoms with van der Waals surface area (Å²) in [4.78, 5) is 3.31. The molecule has 80 valence electrons. The molecule has 2 heteroatoms. The first-order chi connectivity index (χ1) is 7.35. The van der Waals surface area contributed by atoms with E-state index in [1.54, 1.807) is 0 Å². The molecule has 0 atom stereocenters. The Bertz CT molecular complexity index is 443. The van der Waals surface area contributed by atoms with Crippen LogP contribution in [0.2, 0.25) is 0 Å². The molecule has 0 amide bonds. The second-order valence-corrected chi connectivity index (χ2v) is 3.94. The zero-order valence-electron chi connectivity index (χ0n) is 9.22. The van der Waals surface area contributed by atoms with Gasteiger partial charge in [0, 0.05) is 17.1 Å². The molecule has 1 heterocycles. The third-order valence-electron chi connectivity index (χ3n) is 2.89. The minimum absolute atomic E-state index is 0.764. The zero-order chi connectivity index (χ0) is 10.7. The average molecular weight is 202 g/mol. The van der Waals surface area contributed by atoms with Crippen molar-refractivity contribution in [1.82, 2.24) is 4.98 Å². The first-order valence-electron chi connectivity index (χ1n) is 5.64. The summed E-state index contributed by atoms with van der Waals surface area (Å²) in [7, 11) is 0. The van der Waals surface area contributed by atoms with Crippen molar-refractivity contribution in [3.05, 3.63) is 35.5 Å². The van der Waals surface area contributed by atoms with Crippen molar-refractivity contribution in [3.63, 3.8) is 0 Å². The summed E-state index contributed by atoms with van der Waals surface area (Å²) in [6.45, 7) is 2.95. The van der Waals surface area contributed by atoms with Crippen molar-refractivity contribution in [2.75, 3.05) is 6.54 Å². The molecule has 15 heavy (non-hydrogen) atoms. The van der Waals surface area contributed by atoms with E-state index < -0.39 is 0 Å². The maximum atomic E-state index is 5.54. The molecule has 0 spiro atoms. The Labute approximate surface area is 90.5 Å². The number of aromatic amines is 1. The summed E-state index contributed by atoms with van der Waals surface area (Å²) >= 11 is 0. The number of benzene rings is 1. The van der Waals surface area contributed by atoms with Crippen LogP contribution < -0.4 is 5.73 Å². The van der Waals surface area contributed by atoms with Crippen molar-refractivity contribution >= 4 is 10.9 Å². The van der Waals surface area contributed by atoms with Crippen molar-refractivity contribution in [1.29, 1.82) is 0 Å². The van der Waals surface area contributed by atoms with Crippen LogP contribution in [-0.4, -0.2) is 11.5 Å². The van der Waals surface area contributed by atoms with Gasteiger partial charge in [-0.25, -0.2) is 0 Å². The maximum absolute atomic E-state index is 5.54. The van der Waals surface area contributed by atoms with Crippen LogP contribution in [-0.2, 0) is 12.8 Å². The number of H-pyrrole nitrogens is 1. The first kappa shape index (κ1) is 10.2. The number of nitrogens with two attached hydrogens (primary N) is 1. The van der Waals surface area contributed by atoms with E-state index in [9.17, 15) is 0 Å². The summed E-state index contributed by atoms with van der Waals surface area (Å²) in [6, 6.07) is 6.64. The van der Waals surface area contributed by atoms with Gasteiger partial charge in [0.25, 0.3) is 0 Å². The van der Waals surface area contributed by atoms with Crippen LogP contribution in [0.15, 0.2) is 24.4 Å². The third kappa shape index (κ3) is 2.05. The average Bonchev–Trinajstić information content (AvgIpc) is 2.68. The molecule has 0 aliphatic carbocycles. The Kier molecular flexibility index (Phi) is 3.07. The molecule has 0 radical (unpaired) electrons. The van der Waals surface area contributed by atoms with E-state index in [-0.39, 0.29) is 0 Å². The zero-order valence-corrected chi connectivity index (χ0v) is 9.22. The molecule has 1 aromatic heterocycles. The Balaban J connectivity index is 2.38. The highest BCUT2D eigenvalue weighted by Gasteiger charge is 2.03. The van der Waals surface area contributed by atoms with Gasteiger partial charge >= 0.3 is 0 Å². The fourth-order valence-electron chi connectivity index (χ4n) is 1.94. The van der Waals surface area contributed by atoms with Crippen LogP contribution in [0.4, 0.5) is 0 Å². The molecular formula is C13H18N2. The van der Waals surface area contributed by atoms with Crippen molar-refractivity contribution < 1.29 is 0 Å². The van der Waals surface area contributed by atoms with Crippen LogP contribution in [0.1, 0.15) is 24.5 Å². The van der Waals surface area contributed by atoms with Gasteiger partial charge in [-0.05, 0) is 49.1 Å². The SMILES string of the molecule is CCc1ccc2[nH]cc(CCCN)c2c1. The molecule has 0 saturated carbocycles. The lowest BCUT2D eigenvalue weighted by Crippen LogP contribution is -1.99. The number of aryl methyl sites for hydroxylation is 2. The molecule has 0 unspecified atom stereocenters. The van der Waals surface area contributed by atoms with E-state index in [0.29, 0.717) is 0 Å². The van der Waals surface area contributed by atoms with Crippen LogP contribution in [0.25, 0.3) is 10.9 Å². The van der Waals surface area contributed by atoms with E-state index in [2.05, 4.69) is 36.3 Å². The predicted octanol–water partition coefficient (Wildman–Crippen LogP) is 2.62. The summed E-state index contributed by atoms with van der Waals surface area (Å²) < 4.78 is 0. The van der Waals surface area contributed by atoms with Gasteiger partial charge in [0.05, 0.1) is 0 Å². The number of nitrogens with one attached hydrogen (secondary N) is 1. The van der Waals surface area contributed by atoms with Gasteiger partial charge in [0.1, 0.15) is 0 Å². The van der Waals surface area contributed by atoms with Gasteiger partial charge in [-0.2, -0.15) is 0 Å². The van der Waals surface area contributed by atoms with E-state index in [1.807, 2.05) is 0 Å². The third-order valence-corrected chi connectivity index (χ3v) is 2.89. The minimum Gasteiger partial charge on any atom is -0.361 e. The minimum atomic E-state index is 0.764. The summed E-state index contributed by atoms with van der Waals surface area (Å²) in [6.07, 6.45) is 5.34. The standard InChI is InChI=1S/C13H18N2/c1-2-10-5-6-13-12(8-10)11(9-15-13)4-3-7-14/h5-6,8-9,15H,2-4,7,14H2,1H3. The molecule has 3 N–H and O–H groups in total. The first-order valence-corrected chi connectivity index (χ1v) is 5.64. The summed E-state index contributed by atoms with van der Waals surface area (Å²) in [5, 5.41) is 1.36. The van der Waals surface area contributed by atoms with Crippen LogP contribution >= 0.6 is 0 Å². The molecule has 2 rings (SSSR count). The number of fused-ring (bicyclic) bond motifs is 1. The van der Waals surface area contributed by atoms with E-state index in [1.165, 1.54) is 22.0 Å². The number of hydrogen-bond acceptors (Lipinski definition) is 1. The molecule has 0 bridgehead atoms. The molecule has 2 aromatic rings. The highest BCUT2D eigenvalue weighted by atomic mass is 14.7.